The van der Waals surface area contributed by atoms with Crippen LogP contribution in [0.1, 0.15) is 49.1 Å². The SMILES string of the molecule is CC[C@@H](C(=O)Nc1c(C)nc(N2CCCC2)nc1C)c1ccccc1. The Hall–Kier alpha value is -2.43. The van der Waals surface area contributed by atoms with Gasteiger partial charge in [0.05, 0.1) is 23.0 Å². The third-order valence-corrected chi connectivity index (χ3v) is 4.82. The van der Waals surface area contributed by atoms with Crippen LogP contribution in [0.25, 0.3) is 0 Å². The molecule has 1 aromatic heterocycles. The topological polar surface area (TPSA) is 58.1 Å². The molecule has 0 saturated carbocycles. The molecular formula is C20H26N4O. The minimum atomic E-state index is -0.168. The normalized spacial score (nSPS) is 15.2. The molecule has 1 aliphatic heterocycles. The highest BCUT2D eigenvalue weighted by Gasteiger charge is 2.22. The molecule has 1 aromatic carbocycles. The number of amides is 1. The average molecular weight is 338 g/mol. The van der Waals surface area contributed by atoms with E-state index in [0.717, 1.165) is 48.1 Å². The van der Waals surface area contributed by atoms with Gasteiger partial charge in [0, 0.05) is 13.1 Å². The van der Waals surface area contributed by atoms with Crippen molar-refractivity contribution in [3.8, 4) is 0 Å². The van der Waals surface area contributed by atoms with Crippen LogP contribution in [-0.2, 0) is 4.79 Å². The van der Waals surface area contributed by atoms with Gasteiger partial charge in [-0.2, -0.15) is 0 Å². The van der Waals surface area contributed by atoms with Crippen molar-refractivity contribution in [1.82, 2.24) is 9.97 Å². The molecule has 5 heteroatoms. The van der Waals surface area contributed by atoms with Gasteiger partial charge in [0.25, 0.3) is 0 Å². The van der Waals surface area contributed by atoms with Crippen molar-refractivity contribution in [3.05, 3.63) is 47.3 Å². The van der Waals surface area contributed by atoms with E-state index in [4.69, 9.17) is 0 Å². The molecule has 1 atom stereocenters. The zero-order valence-electron chi connectivity index (χ0n) is 15.2. The largest absolute Gasteiger partial charge is 0.341 e. The van der Waals surface area contributed by atoms with Crippen LogP contribution in [0.15, 0.2) is 30.3 Å². The smallest absolute Gasteiger partial charge is 0.232 e. The van der Waals surface area contributed by atoms with Crippen molar-refractivity contribution in [3.63, 3.8) is 0 Å². The van der Waals surface area contributed by atoms with Crippen molar-refractivity contribution in [1.29, 1.82) is 0 Å². The quantitative estimate of drug-likeness (QED) is 0.900. The summed E-state index contributed by atoms with van der Waals surface area (Å²) in [7, 11) is 0. The summed E-state index contributed by atoms with van der Waals surface area (Å²) in [6.45, 7) is 7.93. The van der Waals surface area contributed by atoms with E-state index in [2.05, 4.69) is 20.2 Å². The molecule has 5 nitrogen and oxygen atoms in total. The highest BCUT2D eigenvalue weighted by atomic mass is 16.1. The first kappa shape index (κ1) is 17.4. The van der Waals surface area contributed by atoms with E-state index in [0.29, 0.717) is 0 Å². The van der Waals surface area contributed by atoms with E-state index >= 15 is 0 Å². The number of hydrogen-bond donors (Lipinski definition) is 1. The second kappa shape index (κ2) is 7.64. The maximum Gasteiger partial charge on any atom is 0.232 e. The van der Waals surface area contributed by atoms with E-state index in [1.165, 1.54) is 12.8 Å². The van der Waals surface area contributed by atoms with Gasteiger partial charge in [-0.3, -0.25) is 4.79 Å². The van der Waals surface area contributed by atoms with Gasteiger partial charge in [-0.05, 0) is 38.7 Å². The van der Waals surface area contributed by atoms with Crippen molar-refractivity contribution >= 4 is 17.5 Å². The van der Waals surface area contributed by atoms with Gasteiger partial charge >= 0.3 is 0 Å². The summed E-state index contributed by atoms with van der Waals surface area (Å²) in [5.41, 5.74) is 3.42. The Kier molecular flexibility index (Phi) is 5.31. The standard InChI is InChI=1S/C20H26N4O/c1-4-17(16-10-6-5-7-11-16)19(25)23-18-14(2)21-20(22-15(18)3)24-12-8-9-13-24/h5-7,10-11,17H,4,8-9,12-13H2,1-3H3,(H,23,25)/t17-/m1/s1. The highest BCUT2D eigenvalue weighted by Crippen LogP contribution is 2.26. The van der Waals surface area contributed by atoms with E-state index in [-0.39, 0.29) is 11.8 Å². The van der Waals surface area contributed by atoms with Crippen molar-refractivity contribution in [2.45, 2.75) is 46.0 Å². The molecule has 0 spiro atoms. The zero-order valence-corrected chi connectivity index (χ0v) is 15.2. The summed E-state index contributed by atoms with van der Waals surface area (Å²) in [6, 6.07) is 9.90. The lowest BCUT2D eigenvalue weighted by Gasteiger charge is -2.20. The second-order valence-corrected chi connectivity index (χ2v) is 6.62. The van der Waals surface area contributed by atoms with Crippen LogP contribution in [0.2, 0.25) is 0 Å². The molecule has 1 amide bonds. The summed E-state index contributed by atoms with van der Waals surface area (Å²) in [4.78, 5) is 24.3. The van der Waals surface area contributed by atoms with Crippen molar-refractivity contribution in [2.75, 3.05) is 23.3 Å². The van der Waals surface area contributed by atoms with Gasteiger partial charge in [0.2, 0.25) is 11.9 Å². The van der Waals surface area contributed by atoms with E-state index < -0.39 is 0 Å². The summed E-state index contributed by atoms with van der Waals surface area (Å²) in [5, 5.41) is 3.06. The Balaban J connectivity index is 1.81. The Morgan fingerprint density at radius 2 is 1.72 bits per heavy atom. The number of nitrogens with one attached hydrogen (secondary N) is 1. The summed E-state index contributed by atoms with van der Waals surface area (Å²) < 4.78 is 0. The van der Waals surface area contributed by atoms with Crippen LogP contribution in [0.4, 0.5) is 11.6 Å². The maximum atomic E-state index is 12.8. The molecular weight excluding hydrogens is 312 g/mol. The Bertz CT molecular complexity index is 716. The van der Waals surface area contributed by atoms with Gasteiger partial charge in [0.1, 0.15) is 0 Å². The Morgan fingerprint density at radius 1 is 1.12 bits per heavy atom. The number of anilines is 2. The number of benzene rings is 1. The number of aryl methyl sites for hydroxylation is 2. The fourth-order valence-corrected chi connectivity index (χ4v) is 3.41. The number of rotatable bonds is 5. The van der Waals surface area contributed by atoms with Crippen LogP contribution >= 0.6 is 0 Å². The zero-order chi connectivity index (χ0) is 17.8. The fraction of sp³-hybridized carbons (Fsp3) is 0.450. The van der Waals surface area contributed by atoms with Crippen molar-refractivity contribution in [2.24, 2.45) is 0 Å². The molecule has 1 aliphatic rings. The lowest BCUT2D eigenvalue weighted by Crippen LogP contribution is -2.24. The van der Waals surface area contributed by atoms with Gasteiger partial charge in [-0.15, -0.1) is 0 Å². The van der Waals surface area contributed by atoms with Crippen LogP contribution in [0.5, 0.6) is 0 Å². The van der Waals surface area contributed by atoms with E-state index in [9.17, 15) is 4.79 Å². The minimum absolute atomic E-state index is 0.00239. The van der Waals surface area contributed by atoms with Gasteiger partial charge in [0.15, 0.2) is 0 Å². The Labute approximate surface area is 149 Å². The lowest BCUT2D eigenvalue weighted by molar-refractivity contribution is -0.117. The number of nitrogens with zero attached hydrogens (tertiary/aromatic N) is 3. The van der Waals surface area contributed by atoms with E-state index in [1.807, 2.05) is 51.1 Å². The fourth-order valence-electron chi connectivity index (χ4n) is 3.41. The molecule has 0 aliphatic carbocycles. The molecule has 1 saturated heterocycles. The second-order valence-electron chi connectivity index (χ2n) is 6.62. The summed E-state index contributed by atoms with van der Waals surface area (Å²) >= 11 is 0. The van der Waals surface area contributed by atoms with Crippen LogP contribution < -0.4 is 10.2 Å². The molecule has 0 radical (unpaired) electrons. The highest BCUT2D eigenvalue weighted by molar-refractivity contribution is 5.96. The van der Waals surface area contributed by atoms with Gasteiger partial charge < -0.3 is 10.2 Å². The van der Waals surface area contributed by atoms with Crippen LogP contribution in [0.3, 0.4) is 0 Å². The minimum Gasteiger partial charge on any atom is -0.341 e. The number of aromatic nitrogens is 2. The average Bonchev–Trinajstić information content (AvgIpc) is 3.14. The van der Waals surface area contributed by atoms with Crippen molar-refractivity contribution < 1.29 is 4.79 Å². The predicted molar refractivity (Wildman–Crippen MR) is 101 cm³/mol. The Morgan fingerprint density at radius 3 is 2.28 bits per heavy atom. The van der Waals surface area contributed by atoms with Crippen LogP contribution in [0, 0.1) is 13.8 Å². The molecule has 1 fully saturated rings. The predicted octanol–water partition coefficient (Wildman–Crippen LogP) is 3.83. The first-order chi connectivity index (χ1) is 12.1. The number of carbonyl (C=O) groups excluding carboxylic acids is 1. The first-order valence-electron chi connectivity index (χ1n) is 9.06. The maximum absolute atomic E-state index is 12.8. The van der Waals surface area contributed by atoms with E-state index in [1.54, 1.807) is 0 Å². The molecule has 2 aromatic rings. The number of carbonyl (C=O) groups is 1. The number of hydrogen-bond acceptors (Lipinski definition) is 4. The van der Waals surface area contributed by atoms with Gasteiger partial charge in [-0.1, -0.05) is 37.3 Å². The molecule has 1 N–H and O–H groups in total. The lowest BCUT2D eigenvalue weighted by atomic mass is 9.95. The molecule has 0 bridgehead atoms. The third kappa shape index (κ3) is 3.81. The third-order valence-electron chi connectivity index (χ3n) is 4.82. The van der Waals surface area contributed by atoms with Gasteiger partial charge in [-0.25, -0.2) is 9.97 Å². The molecule has 3 rings (SSSR count). The first-order valence-corrected chi connectivity index (χ1v) is 9.06. The molecule has 25 heavy (non-hydrogen) atoms. The molecule has 2 heterocycles. The summed E-state index contributed by atoms with van der Waals surface area (Å²) in [5.74, 6) is 0.608. The summed E-state index contributed by atoms with van der Waals surface area (Å²) in [6.07, 6.45) is 3.13. The molecule has 132 valence electrons. The van der Waals surface area contributed by atoms with Crippen LogP contribution in [-0.4, -0.2) is 29.0 Å². The monoisotopic (exact) mass is 338 g/mol. The molecule has 0 unspecified atom stereocenters.